The molecule has 2 saturated carbocycles. The van der Waals surface area contributed by atoms with Crippen LogP contribution in [0.1, 0.15) is 103 Å². The molecule has 0 amide bonds. The second-order valence-corrected chi connectivity index (χ2v) is 9.90. The van der Waals surface area contributed by atoms with Crippen LogP contribution in [0.15, 0.2) is 0 Å². The number of rotatable bonds is 12. The highest BCUT2D eigenvalue weighted by atomic mass is 16.4. The second-order valence-electron chi connectivity index (χ2n) is 9.90. The van der Waals surface area contributed by atoms with Crippen molar-refractivity contribution in [3.63, 3.8) is 0 Å². The van der Waals surface area contributed by atoms with Gasteiger partial charge in [-0.3, -0.25) is 4.79 Å². The molecule has 0 radical (unpaired) electrons. The molecule has 0 aliphatic heterocycles. The van der Waals surface area contributed by atoms with Gasteiger partial charge < -0.3 is 16.6 Å². The average molecular weight is 395 g/mol. The normalized spacial score (nSPS) is 28.8. The van der Waals surface area contributed by atoms with Crippen molar-refractivity contribution in [2.75, 3.05) is 6.54 Å². The van der Waals surface area contributed by atoms with Gasteiger partial charge in [-0.1, -0.05) is 58.3 Å². The maximum atomic E-state index is 11.0. The van der Waals surface area contributed by atoms with E-state index < -0.39 is 5.97 Å². The smallest absolute Gasteiger partial charge is 0.303 e. The van der Waals surface area contributed by atoms with E-state index >= 15 is 0 Å². The number of hydrogen-bond acceptors (Lipinski definition) is 3. The lowest BCUT2D eigenvalue weighted by Gasteiger charge is -2.42. The Balaban J connectivity index is 1.97. The first-order valence-electron chi connectivity index (χ1n) is 12.2. The van der Waals surface area contributed by atoms with Gasteiger partial charge in [0.15, 0.2) is 0 Å². The number of carbonyl (C=O) groups is 1. The fourth-order valence-corrected chi connectivity index (χ4v) is 6.13. The summed E-state index contributed by atoms with van der Waals surface area (Å²) in [5.74, 6) is 2.73. The van der Waals surface area contributed by atoms with Crippen molar-refractivity contribution in [1.29, 1.82) is 0 Å². The van der Waals surface area contributed by atoms with Gasteiger partial charge in [-0.15, -0.1) is 0 Å². The molecule has 0 saturated heterocycles. The lowest BCUT2D eigenvalue weighted by Crippen LogP contribution is -2.38. The fourth-order valence-electron chi connectivity index (χ4n) is 6.13. The minimum atomic E-state index is -0.656. The molecule has 4 heteroatoms. The highest BCUT2D eigenvalue weighted by molar-refractivity contribution is 5.66. The first-order valence-corrected chi connectivity index (χ1v) is 12.2. The van der Waals surface area contributed by atoms with Crippen LogP contribution in [0.4, 0.5) is 0 Å². The Hall–Kier alpha value is -0.610. The van der Waals surface area contributed by atoms with E-state index in [1.54, 1.807) is 0 Å². The Morgan fingerprint density at radius 1 is 1.04 bits per heavy atom. The number of aliphatic carboxylic acids is 1. The van der Waals surface area contributed by atoms with Crippen LogP contribution < -0.4 is 11.5 Å². The maximum absolute atomic E-state index is 11.0. The SMILES string of the molecule is CCCC(N)CC1CCC(CCC(=O)O)CC1C(CN)CCC1CCCCC1. The van der Waals surface area contributed by atoms with Crippen LogP contribution >= 0.6 is 0 Å². The zero-order valence-corrected chi connectivity index (χ0v) is 18.3. The molecule has 0 bridgehead atoms. The Kier molecular flexibility index (Phi) is 10.9. The summed E-state index contributed by atoms with van der Waals surface area (Å²) in [5.41, 5.74) is 12.7. The van der Waals surface area contributed by atoms with E-state index in [9.17, 15) is 4.79 Å². The van der Waals surface area contributed by atoms with Gasteiger partial charge in [0, 0.05) is 12.5 Å². The highest BCUT2D eigenvalue weighted by Gasteiger charge is 2.36. The number of carboxylic acids is 1. The summed E-state index contributed by atoms with van der Waals surface area (Å²) < 4.78 is 0. The molecule has 28 heavy (non-hydrogen) atoms. The number of nitrogens with two attached hydrogens (primary N) is 2. The molecule has 5 unspecified atom stereocenters. The third-order valence-electron chi connectivity index (χ3n) is 7.77. The zero-order valence-electron chi connectivity index (χ0n) is 18.3. The van der Waals surface area contributed by atoms with Crippen molar-refractivity contribution in [3.8, 4) is 0 Å². The Morgan fingerprint density at radius 3 is 2.43 bits per heavy atom. The van der Waals surface area contributed by atoms with Crippen LogP contribution in [0.5, 0.6) is 0 Å². The molecule has 2 rings (SSSR count). The molecule has 2 aliphatic rings. The van der Waals surface area contributed by atoms with Crippen molar-refractivity contribution in [1.82, 2.24) is 0 Å². The van der Waals surface area contributed by atoms with Gasteiger partial charge in [0.05, 0.1) is 0 Å². The zero-order chi connectivity index (χ0) is 20.4. The Morgan fingerprint density at radius 2 is 1.79 bits per heavy atom. The quantitative estimate of drug-likeness (QED) is 0.417. The van der Waals surface area contributed by atoms with E-state index in [1.165, 1.54) is 64.2 Å². The molecule has 5 N–H and O–H groups in total. The van der Waals surface area contributed by atoms with Crippen LogP contribution in [0, 0.1) is 29.6 Å². The van der Waals surface area contributed by atoms with Crippen molar-refractivity contribution >= 4 is 5.97 Å². The fraction of sp³-hybridized carbons (Fsp3) is 0.958. The Labute approximate surface area is 173 Å². The third-order valence-corrected chi connectivity index (χ3v) is 7.77. The molecular weight excluding hydrogens is 348 g/mol. The minimum absolute atomic E-state index is 0.310. The number of hydrogen-bond donors (Lipinski definition) is 3. The van der Waals surface area contributed by atoms with Crippen LogP contribution in [0.2, 0.25) is 0 Å². The predicted octanol–water partition coefficient (Wildman–Crippen LogP) is 5.34. The monoisotopic (exact) mass is 394 g/mol. The van der Waals surface area contributed by atoms with E-state index in [0.29, 0.717) is 36.1 Å². The van der Waals surface area contributed by atoms with Crippen LogP contribution in [-0.4, -0.2) is 23.7 Å². The van der Waals surface area contributed by atoms with Gasteiger partial charge in [0.1, 0.15) is 0 Å². The summed E-state index contributed by atoms with van der Waals surface area (Å²) in [7, 11) is 0. The maximum Gasteiger partial charge on any atom is 0.303 e. The van der Waals surface area contributed by atoms with E-state index in [-0.39, 0.29) is 0 Å². The largest absolute Gasteiger partial charge is 0.481 e. The van der Waals surface area contributed by atoms with Gasteiger partial charge >= 0.3 is 5.97 Å². The molecule has 4 nitrogen and oxygen atoms in total. The molecule has 0 aromatic heterocycles. The van der Waals surface area contributed by atoms with Crippen LogP contribution in [0.25, 0.3) is 0 Å². The molecule has 164 valence electrons. The molecule has 5 atom stereocenters. The van der Waals surface area contributed by atoms with E-state index in [0.717, 1.165) is 38.1 Å². The molecule has 0 aromatic rings. The molecular formula is C24H46N2O2. The van der Waals surface area contributed by atoms with Gasteiger partial charge in [-0.05, 0) is 74.7 Å². The van der Waals surface area contributed by atoms with Gasteiger partial charge in [-0.2, -0.15) is 0 Å². The predicted molar refractivity (Wildman–Crippen MR) is 117 cm³/mol. The van der Waals surface area contributed by atoms with Crippen molar-refractivity contribution in [2.45, 2.75) is 109 Å². The van der Waals surface area contributed by atoms with E-state index in [4.69, 9.17) is 16.6 Å². The molecule has 2 aliphatic carbocycles. The summed E-state index contributed by atoms with van der Waals surface area (Å²) in [5, 5.41) is 9.09. The molecule has 0 spiro atoms. The van der Waals surface area contributed by atoms with Crippen molar-refractivity contribution < 1.29 is 9.90 Å². The van der Waals surface area contributed by atoms with Gasteiger partial charge in [0.2, 0.25) is 0 Å². The van der Waals surface area contributed by atoms with Crippen molar-refractivity contribution in [2.24, 2.45) is 41.1 Å². The minimum Gasteiger partial charge on any atom is -0.481 e. The summed E-state index contributed by atoms with van der Waals surface area (Å²) in [6.07, 6.45) is 17.8. The Bertz CT molecular complexity index is 436. The first kappa shape index (κ1) is 23.7. The van der Waals surface area contributed by atoms with E-state index in [1.807, 2.05) is 0 Å². The third kappa shape index (κ3) is 8.02. The first-order chi connectivity index (χ1) is 13.5. The van der Waals surface area contributed by atoms with Crippen LogP contribution in [-0.2, 0) is 4.79 Å². The standard InChI is InChI=1S/C24H46N2O2/c1-2-6-22(26)16-20-12-10-19(11-14-24(27)28)15-23(20)21(17-25)13-9-18-7-4-3-5-8-18/h18-23H,2-17,25-26H2,1H3,(H,27,28). The molecule has 0 heterocycles. The average Bonchev–Trinajstić information content (AvgIpc) is 2.69. The van der Waals surface area contributed by atoms with Crippen LogP contribution in [0.3, 0.4) is 0 Å². The highest BCUT2D eigenvalue weighted by Crippen LogP contribution is 2.44. The summed E-state index contributed by atoms with van der Waals surface area (Å²) in [6.45, 7) is 3.00. The van der Waals surface area contributed by atoms with Gasteiger partial charge in [0.25, 0.3) is 0 Å². The van der Waals surface area contributed by atoms with Gasteiger partial charge in [-0.25, -0.2) is 0 Å². The summed E-state index contributed by atoms with van der Waals surface area (Å²) in [4.78, 5) is 11.0. The van der Waals surface area contributed by atoms with E-state index in [2.05, 4.69) is 6.92 Å². The summed E-state index contributed by atoms with van der Waals surface area (Å²) >= 11 is 0. The lowest BCUT2D eigenvalue weighted by atomic mass is 9.64. The topological polar surface area (TPSA) is 89.3 Å². The second kappa shape index (κ2) is 12.8. The number of carboxylic acid groups (broad SMARTS) is 1. The molecule has 0 aromatic carbocycles. The lowest BCUT2D eigenvalue weighted by molar-refractivity contribution is -0.137. The molecule has 2 fully saturated rings. The summed E-state index contributed by atoms with van der Waals surface area (Å²) in [6, 6.07) is 0.310. The van der Waals surface area contributed by atoms with Crippen molar-refractivity contribution in [3.05, 3.63) is 0 Å².